The molecule has 1 aromatic carbocycles. The average molecular weight is 313 g/mol. The molecular formula is C12H12FN3O2S2. The van der Waals surface area contributed by atoms with E-state index in [0.717, 1.165) is 5.13 Å². The first kappa shape index (κ1) is 14.7. The Balaban J connectivity index is 2.10. The number of carboxylic acids is 1. The quantitative estimate of drug-likeness (QED) is 0.856. The summed E-state index contributed by atoms with van der Waals surface area (Å²) in [5, 5.41) is 17.6. The molecule has 0 saturated heterocycles. The Kier molecular flexibility index (Phi) is 4.56. The molecule has 106 valence electrons. The van der Waals surface area contributed by atoms with Gasteiger partial charge in [0.15, 0.2) is 4.34 Å². The number of rotatable bonds is 5. The molecule has 1 aromatic heterocycles. The Morgan fingerprint density at radius 2 is 2.20 bits per heavy atom. The number of hydrogen-bond donors (Lipinski definition) is 1. The molecule has 8 heteroatoms. The van der Waals surface area contributed by atoms with Gasteiger partial charge >= 0.3 is 5.97 Å². The van der Waals surface area contributed by atoms with E-state index in [2.05, 4.69) is 10.2 Å². The molecule has 2 aromatic rings. The summed E-state index contributed by atoms with van der Waals surface area (Å²) in [4.78, 5) is 12.7. The van der Waals surface area contributed by atoms with Crippen molar-refractivity contribution in [3.8, 4) is 0 Å². The number of aromatic nitrogens is 2. The maximum absolute atomic E-state index is 13.9. The van der Waals surface area contributed by atoms with E-state index in [4.69, 9.17) is 5.11 Å². The molecule has 0 atom stereocenters. The topological polar surface area (TPSA) is 66.3 Å². The van der Waals surface area contributed by atoms with Gasteiger partial charge in [-0.2, -0.15) is 0 Å². The monoisotopic (exact) mass is 313 g/mol. The number of hydrogen-bond acceptors (Lipinski definition) is 6. The molecule has 2 rings (SSSR count). The van der Waals surface area contributed by atoms with Crippen molar-refractivity contribution >= 4 is 34.2 Å². The third-order valence-corrected chi connectivity index (χ3v) is 4.71. The number of nitrogens with zero attached hydrogens (tertiary/aromatic N) is 3. The summed E-state index contributed by atoms with van der Waals surface area (Å²) in [6.45, 7) is 0. The van der Waals surface area contributed by atoms with E-state index >= 15 is 0 Å². The lowest BCUT2D eigenvalue weighted by atomic mass is 10.1. The van der Waals surface area contributed by atoms with Crippen LogP contribution in [0.2, 0.25) is 0 Å². The van der Waals surface area contributed by atoms with E-state index in [0.29, 0.717) is 15.7 Å². The third kappa shape index (κ3) is 3.26. The smallest absolute Gasteiger partial charge is 0.338 e. The molecular weight excluding hydrogens is 301 g/mol. The van der Waals surface area contributed by atoms with Crippen LogP contribution in [0.5, 0.6) is 0 Å². The average Bonchev–Trinajstić information content (AvgIpc) is 2.86. The van der Waals surface area contributed by atoms with Crippen LogP contribution in [0.4, 0.5) is 9.52 Å². The first-order chi connectivity index (χ1) is 9.49. The van der Waals surface area contributed by atoms with Crippen LogP contribution in [0.15, 0.2) is 22.5 Å². The number of halogens is 1. The summed E-state index contributed by atoms with van der Waals surface area (Å²) < 4.78 is 14.6. The Morgan fingerprint density at radius 1 is 1.45 bits per heavy atom. The molecule has 1 N–H and O–H groups in total. The second-order valence-electron chi connectivity index (χ2n) is 4.12. The molecule has 1 heterocycles. The van der Waals surface area contributed by atoms with Gasteiger partial charge < -0.3 is 10.0 Å². The lowest BCUT2D eigenvalue weighted by molar-refractivity contribution is 0.0691. The highest BCUT2D eigenvalue weighted by atomic mass is 32.2. The zero-order chi connectivity index (χ0) is 14.7. The van der Waals surface area contributed by atoms with E-state index in [1.54, 1.807) is 6.07 Å². The van der Waals surface area contributed by atoms with Gasteiger partial charge in [-0.1, -0.05) is 35.2 Å². The second-order valence-corrected chi connectivity index (χ2v) is 6.30. The van der Waals surface area contributed by atoms with Crippen molar-refractivity contribution in [1.29, 1.82) is 0 Å². The summed E-state index contributed by atoms with van der Waals surface area (Å²) in [7, 11) is 3.73. The minimum Gasteiger partial charge on any atom is -0.478 e. The Hall–Kier alpha value is -1.67. The molecule has 0 unspecified atom stereocenters. The molecule has 0 aliphatic heterocycles. The van der Waals surface area contributed by atoms with Crippen molar-refractivity contribution in [2.75, 3.05) is 19.0 Å². The van der Waals surface area contributed by atoms with Crippen LogP contribution in [-0.4, -0.2) is 35.4 Å². The van der Waals surface area contributed by atoms with Crippen molar-refractivity contribution in [1.82, 2.24) is 10.2 Å². The highest BCUT2D eigenvalue weighted by molar-refractivity contribution is 8.00. The fourth-order valence-electron chi connectivity index (χ4n) is 1.44. The molecule has 0 bridgehead atoms. The maximum atomic E-state index is 13.9. The van der Waals surface area contributed by atoms with E-state index in [1.165, 1.54) is 35.2 Å². The minimum absolute atomic E-state index is 0.311. The minimum atomic E-state index is -1.26. The van der Waals surface area contributed by atoms with E-state index in [-0.39, 0.29) is 5.56 Å². The fourth-order valence-corrected chi connectivity index (χ4v) is 3.18. The molecule has 0 aliphatic carbocycles. The summed E-state index contributed by atoms with van der Waals surface area (Å²) in [6.07, 6.45) is 0. The van der Waals surface area contributed by atoms with Crippen molar-refractivity contribution in [2.45, 2.75) is 10.1 Å². The van der Waals surface area contributed by atoms with E-state index in [1.807, 2.05) is 19.0 Å². The maximum Gasteiger partial charge on any atom is 0.338 e. The first-order valence-electron chi connectivity index (χ1n) is 5.63. The second kappa shape index (κ2) is 6.19. The number of aromatic carboxylic acids is 1. The zero-order valence-electron chi connectivity index (χ0n) is 10.8. The molecule has 0 saturated carbocycles. The van der Waals surface area contributed by atoms with E-state index in [9.17, 15) is 9.18 Å². The fraction of sp³-hybridized carbons (Fsp3) is 0.250. The lowest BCUT2D eigenvalue weighted by Gasteiger charge is -2.04. The Bertz CT molecular complexity index is 631. The molecule has 0 aliphatic rings. The van der Waals surface area contributed by atoms with Gasteiger partial charge in [0.05, 0.1) is 5.56 Å². The molecule has 0 radical (unpaired) electrons. The van der Waals surface area contributed by atoms with Crippen LogP contribution in [-0.2, 0) is 5.75 Å². The van der Waals surface area contributed by atoms with Crippen molar-refractivity contribution in [3.63, 3.8) is 0 Å². The summed E-state index contributed by atoms with van der Waals surface area (Å²) in [6, 6.07) is 4.36. The van der Waals surface area contributed by atoms with Gasteiger partial charge in [-0.05, 0) is 11.6 Å². The van der Waals surface area contributed by atoms with Crippen LogP contribution in [0, 0.1) is 5.82 Å². The number of carbonyl (C=O) groups is 1. The number of benzene rings is 1. The number of thioether (sulfide) groups is 1. The van der Waals surface area contributed by atoms with Gasteiger partial charge in [0, 0.05) is 19.8 Å². The summed E-state index contributed by atoms with van der Waals surface area (Å²) >= 11 is 2.74. The van der Waals surface area contributed by atoms with Crippen LogP contribution in [0.3, 0.4) is 0 Å². The number of anilines is 1. The zero-order valence-corrected chi connectivity index (χ0v) is 12.5. The van der Waals surface area contributed by atoms with Crippen molar-refractivity contribution in [2.24, 2.45) is 0 Å². The molecule has 0 fully saturated rings. The normalized spacial score (nSPS) is 10.6. The molecule has 5 nitrogen and oxygen atoms in total. The lowest BCUT2D eigenvalue weighted by Crippen LogP contribution is -2.07. The SMILES string of the molecule is CN(C)c1nnc(SCc2cccc(C(=O)O)c2F)s1. The van der Waals surface area contributed by atoms with Gasteiger partial charge in [0.2, 0.25) is 5.13 Å². The van der Waals surface area contributed by atoms with Gasteiger partial charge in [-0.15, -0.1) is 10.2 Å². The van der Waals surface area contributed by atoms with Gasteiger partial charge in [0.25, 0.3) is 0 Å². The third-order valence-electron chi connectivity index (χ3n) is 2.44. The Labute approximate surface area is 123 Å². The first-order valence-corrected chi connectivity index (χ1v) is 7.43. The molecule has 20 heavy (non-hydrogen) atoms. The van der Waals surface area contributed by atoms with Crippen LogP contribution in [0.25, 0.3) is 0 Å². The number of carboxylic acid groups (broad SMARTS) is 1. The van der Waals surface area contributed by atoms with Crippen LogP contribution < -0.4 is 4.90 Å². The van der Waals surface area contributed by atoms with Gasteiger partial charge in [0.1, 0.15) is 5.82 Å². The van der Waals surface area contributed by atoms with Gasteiger partial charge in [-0.3, -0.25) is 0 Å². The predicted molar refractivity (Wildman–Crippen MR) is 77.2 cm³/mol. The highest BCUT2D eigenvalue weighted by Crippen LogP contribution is 2.30. The molecule has 0 spiro atoms. The van der Waals surface area contributed by atoms with Gasteiger partial charge in [-0.25, -0.2) is 9.18 Å². The van der Waals surface area contributed by atoms with Crippen LogP contribution in [0.1, 0.15) is 15.9 Å². The molecule has 0 amide bonds. The largest absolute Gasteiger partial charge is 0.478 e. The van der Waals surface area contributed by atoms with Crippen molar-refractivity contribution in [3.05, 3.63) is 35.1 Å². The summed E-state index contributed by atoms with van der Waals surface area (Å²) in [5.41, 5.74) is 0.0332. The predicted octanol–water partition coefficient (Wildman–Crippen LogP) is 2.73. The Morgan fingerprint density at radius 3 is 2.80 bits per heavy atom. The van der Waals surface area contributed by atoms with Crippen molar-refractivity contribution < 1.29 is 14.3 Å². The summed E-state index contributed by atoms with van der Waals surface area (Å²) in [5.74, 6) is -1.64. The highest BCUT2D eigenvalue weighted by Gasteiger charge is 2.14. The standard InChI is InChI=1S/C12H12FN3O2S2/c1-16(2)11-14-15-12(20-11)19-6-7-4-3-5-8(9(7)13)10(17)18/h3-5H,6H2,1-2H3,(H,17,18). The van der Waals surface area contributed by atoms with Crippen LogP contribution >= 0.6 is 23.1 Å². The van der Waals surface area contributed by atoms with E-state index < -0.39 is 11.8 Å².